The van der Waals surface area contributed by atoms with Crippen LogP contribution in [-0.2, 0) is 9.53 Å². The highest BCUT2D eigenvalue weighted by Crippen LogP contribution is 2.20. The zero-order valence-electron chi connectivity index (χ0n) is 11.2. The Bertz CT molecular complexity index is 279. The summed E-state index contributed by atoms with van der Waals surface area (Å²) in [6.45, 7) is 8.31. The fourth-order valence-corrected chi connectivity index (χ4v) is 2.97. The topological polar surface area (TPSA) is 53.0 Å². The summed E-state index contributed by atoms with van der Waals surface area (Å²) < 4.78 is 5.35. The van der Waals surface area contributed by atoms with Crippen molar-refractivity contribution in [1.82, 2.24) is 9.80 Å². The van der Waals surface area contributed by atoms with Crippen LogP contribution in [0.15, 0.2) is 0 Å². The van der Waals surface area contributed by atoms with Crippen LogP contribution in [0.3, 0.4) is 0 Å². The van der Waals surface area contributed by atoms with Crippen LogP contribution < -0.4 is 0 Å². The highest BCUT2D eigenvalue weighted by molar-refractivity contribution is 5.71. The quantitative estimate of drug-likeness (QED) is 0.750. The lowest BCUT2D eigenvalue weighted by Crippen LogP contribution is -2.46. The Morgan fingerprint density at radius 3 is 2.72 bits per heavy atom. The lowest BCUT2D eigenvalue weighted by Gasteiger charge is -2.30. The van der Waals surface area contributed by atoms with Gasteiger partial charge in [-0.25, -0.2) is 0 Å². The maximum Gasteiger partial charge on any atom is 0.310 e. The van der Waals surface area contributed by atoms with E-state index in [-0.39, 0.29) is 12.0 Å². The van der Waals surface area contributed by atoms with Crippen molar-refractivity contribution < 1.29 is 14.6 Å². The number of ether oxygens (including phenoxy) is 1. The van der Waals surface area contributed by atoms with Gasteiger partial charge in [-0.05, 0) is 32.5 Å². The maximum atomic E-state index is 11.2. The summed E-state index contributed by atoms with van der Waals surface area (Å²) in [4.78, 5) is 15.9. The van der Waals surface area contributed by atoms with Crippen LogP contribution >= 0.6 is 0 Å². The second-order valence-electron chi connectivity index (χ2n) is 5.23. The van der Waals surface area contributed by atoms with Crippen LogP contribution in [-0.4, -0.2) is 72.9 Å². The van der Waals surface area contributed by atoms with Crippen LogP contribution in [0.25, 0.3) is 0 Å². The largest absolute Gasteiger partial charge is 0.481 e. The standard InChI is InChI=1S/C13H24N2O3/c1-2-15(8-7-14-5-3-4-6-14)12-10-18-9-11(12)13(16)17/h11-12H,2-10H2,1H3,(H,16,17). The van der Waals surface area contributed by atoms with Crippen molar-refractivity contribution in [3.05, 3.63) is 0 Å². The first kappa shape index (κ1) is 13.8. The Labute approximate surface area is 109 Å². The molecule has 0 aromatic heterocycles. The molecule has 0 saturated carbocycles. The molecule has 0 aliphatic carbocycles. The number of aliphatic carboxylic acids is 1. The molecule has 0 aromatic carbocycles. The molecule has 2 aliphatic rings. The first-order valence-corrected chi connectivity index (χ1v) is 6.99. The molecule has 1 N–H and O–H groups in total. The van der Waals surface area contributed by atoms with E-state index >= 15 is 0 Å². The highest BCUT2D eigenvalue weighted by Gasteiger charge is 2.37. The van der Waals surface area contributed by atoms with Gasteiger partial charge >= 0.3 is 5.97 Å². The smallest absolute Gasteiger partial charge is 0.310 e. The predicted octanol–water partition coefficient (Wildman–Crippen LogP) is 0.504. The van der Waals surface area contributed by atoms with Crippen molar-refractivity contribution in [2.45, 2.75) is 25.8 Å². The molecule has 2 unspecified atom stereocenters. The molecule has 2 heterocycles. The number of hydrogen-bond donors (Lipinski definition) is 1. The summed E-state index contributed by atoms with van der Waals surface area (Å²) in [6.07, 6.45) is 2.60. The van der Waals surface area contributed by atoms with Crippen LogP contribution in [0.1, 0.15) is 19.8 Å². The van der Waals surface area contributed by atoms with Gasteiger partial charge in [0.25, 0.3) is 0 Å². The monoisotopic (exact) mass is 256 g/mol. The molecule has 0 amide bonds. The van der Waals surface area contributed by atoms with E-state index in [2.05, 4.69) is 16.7 Å². The van der Waals surface area contributed by atoms with Crippen molar-refractivity contribution in [2.24, 2.45) is 5.92 Å². The summed E-state index contributed by atoms with van der Waals surface area (Å²) in [5.41, 5.74) is 0. The number of carboxylic acid groups (broad SMARTS) is 1. The summed E-state index contributed by atoms with van der Waals surface area (Å²) in [7, 11) is 0. The lowest BCUT2D eigenvalue weighted by atomic mass is 10.0. The SMILES string of the molecule is CCN(CCN1CCCC1)C1COCC1C(=O)O. The molecular formula is C13H24N2O3. The van der Waals surface area contributed by atoms with E-state index in [4.69, 9.17) is 4.74 Å². The minimum atomic E-state index is -0.725. The van der Waals surface area contributed by atoms with Crippen LogP contribution in [0.5, 0.6) is 0 Å². The predicted molar refractivity (Wildman–Crippen MR) is 68.7 cm³/mol. The number of nitrogens with zero attached hydrogens (tertiary/aromatic N) is 2. The van der Waals surface area contributed by atoms with E-state index in [1.54, 1.807) is 0 Å². The summed E-state index contributed by atoms with van der Waals surface area (Å²) in [5.74, 6) is -1.08. The Kier molecular flexibility index (Phi) is 4.97. The third-order valence-electron chi connectivity index (χ3n) is 4.15. The molecule has 5 nitrogen and oxygen atoms in total. The Morgan fingerprint density at radius 2 is 2.11 bits per heavy atom. The lowest BCUT2D eigenvalue weighted by molar-refractivity contribution is -0.143. The molecule has 104 valence electrons. The fourth-order valence-electron chi connectivity index (χ4n) is 2.97. The van der Waals surface area contributed by atoms with Gasteiger partial charge in [-0.2, -0.15) is 0 Å². The highest BCUT2D eigenvalue weighted by atomic mass is 16.5. The molecule has 18 heavy (non-hydrogen) atoms. The second kappa shape index (κ2) is 6.50. The average molecular weight is 256 g/mol. The van der Waals surface area contributed by atoms with Gasteiger partial charge in [-0.15, -0.1) is 0 Å². The van der Waals surface area contributed by atoms with E-state index in [0.29, 0.717) is 13.2 Å². The van der Waals surface area contributed by atoms with Crippen LogP contribution in [0.4, 0.5) is 0 Å². The first-order chi connectivity index (χ1) is 8.72. The zero-order chi connectivity index (χ0) is 13.0. The minimum Gasteiger partial charge on any atom is -0.481 e. The molecule has 0 spiro atoms. The Balaban J connectivity index is 1.84. The first-order valence-electron chi connectivity index (χ1n) is 6.99. The van der Waals surface area contributed by atoms with E-state index in [9.17, 15) is 9.90 Å². The van der Waals surface area contributed by atoms with Gasteiger partial charge < -0.3 is 14.7 Å². The van der Waals surface area contributed by atoms with Crippen molar-refractivity contribution in [1.29, 1.82) is 0 Å². The Morgan fingerprint density at radius 1 is 1.39 bits per heavy atom. The van der Waals surface area contributed by atoms with E-state index in [1.165, 1.54) is 25.9 Å². The van der Waals surface area contributed by atoms with Crippen LogP contribution in [0, 0.1) is 5.92 Å². The molecule has 2 rings (SSSR count). The van der Waals surface area contributed by atoms with Gasteiger partial charge in [0.1, 0.15) is 0 Å². The molecule has 2 aliphatic heterocycles. The van der Waals surface area contributed by atoms with E-state index in [1.807, 2.05) is 0 Å². The minimum absolute atomic E-state index is 0.0510. The number of likely N-dealkylation sites (tertiary alicyclic amines) is 1. The summed E-state index contributed by atoms with van der Waals surface area (Å²) >= 11 is 0. The van der Waals surface area contributed by atoms with Gasteiger partial charge in [0.15, 0.2) is 0 Å². The number of rotatable bonds is 6. The third kappa shape index (κ3) is 3.22. The van der Waals surface area contributed by atoms with Gasteiger partial charge in [-0.3, -0.25) is 9.69 Å². The van der Waals surface area contributed by atoms with Gasteiger partial charge in [0.05, 0.1) is 19.1 Å². The fraction of sp³-hybridized carbons (Fsp3) is 0.923. The molecule has 5 heteroatoms. The van der Waals surface area contributed by atoms with Gasteiger partial charge in [0.2, 0.25) is 0 Å². The van der Waals surface area contributed by atoms with Crippen LogP contribution in [0.2, 0.25) is 0 Å². The number of carbonyl (C=O) groups is 1. The molecule has 0 radical (unpaired) electrons. The van der Waals surface area contributed by atoms with E-state index in [0.717, 1.165) is 19.6 Å². The van der Waals surface area contributed by atoms with Crippen molar-refractivity contribution in [3.8, 4) is 0 Å². The zero-order valence-corrected chi connectivity index (χ0v) is 11.2. The molecule has 2 saturated heterocycles. The molecule has 2 atom stereocenters. The number of carboxylic acids is 1. The second-order valence-corrected chi connectivity index (χ2v) is 5.23. The van der Waals surface area contributed by atoms with Crippen molar-refractivity contribution in [2.75, 3.05) is 45.9 Å². The average Bonchev–Trinajstić information content (AvgIpc) is 2.99. The van der Waals surface area contributed by atoms with Gasteiger partial charge in [0, 0.05) is 19.1 Å². The molecule has 2 fully saturated rings. The molecule has 0 aromatic rings. The summed E-state index contributed by atoms with van der Waals surface area (Å²) in [5, 5.41) is 9.19. The number of likely N-dealkylation sites (N-methyl/N-ethyl adjacent to an activating group) is 1. The summed E-state index contributed by atoms with van der Waals surface area (Å²) in [6, 6.07) is 0.0510. The molecule has 0 bridgehead atoms. The van der Waals surface area contributed by atoms with Gasteiger partial charge in [-0.1, -0.05) is 6.92 Å². The van der Waals surface area contributed by atoms with E-state index < -0.39 is 5.97 Å². The third-order valence-corrected chi connectivity index (χ3v) is 4.15. The Hall–Kier alpha value is -0.650. The normalized spacial score (nSPS) is 29.2. The van der Waals surface area contributed by atoms with Crippen molar-refractivity contribution >= 4 is 5.97 Å². The molecular weight excluding hydrogens is 232 g/mol. The van der Waals surface area contributed by atoms with Crippen molar-refractivity contribution in [3.63, 3.8) is 0 Å². The maximum absolute atomic E-state index is 11.2. The number of hydrogen-bond acceptors (Lipinski definition) is 4.